The van der Waals surface area contributed by atoms with Crippen molar-refractivity contribution < 1.29 is 9.50 Å². The Kier molecular flexibility index (Phi) is 2.47. The lowest BCUT2D eigenvalue weighted by atomic mass is 9.41. The van der Waals surface area contributed by atoms with Crippen LogP contribution in [0.5, 0.6) is 0 Å². The lowest BCUT2D eigenvalue weighted by molar-refractivity contribution is -0.188. The molecule has 0 aromatic heterocycles. The van der Waals surface area contributed by atoms with Crippen molar-refractivity contribution in [1.29, 1.82) is 0 Å². The van der Waals surface area contributed by atoms with Crippen LogP contribution in [-0.4, -0.2) is 10.7 Å². The predicted octanol–water partition coefficient (Wildman–Crippen LogP) is 3.90. The Morgan fingerprint density at radius 1 is 0.900 bits per heavy atom. The molecular weight excluding hydrogens is 251 g/mol. The molecule has 0 atom stereocenters. The fourth-order valence-electron chi connectivity index (χ4n) is 5.64. The highest BCUT2D eigenvalue weighted by Crippen LogP contribution is 2.65. The lowest BCUT2D eigenvalue weighted by Gasteiger charge is -2.65. The highest BCUT2D eigenvalue weighted by Gasteiger charge is 2.62. The van der Waals surface area contributed by atoms with Gasteiger partial charge in [-0.15, -0.1) is 0 Å². The van der Waals surface area contributed by atoms with Crippen LogP contribution in [0.2, 0.25) is 0 Å². The first-order valence-corrected chi connectivity index (χ1v) is 7.90. The molecule has 5 rings (SSSR count). The van der Waals surface area contributed by atoms with Crippen LogP contribution >= 0.6 is 0 Å². The van der Waals surface area contributed by atoms with Gasteiger partial charge in [-0.25, -0.2) is 4.39 Å². The van der Waals surface area contributed by atoms with E-state index in [4.69, 9.17) is 0 Å². The monoisotopic (exact) mass is 274 g/mol. The van der Waals surface area contributed by atoms with Gasteiger partial charge >= 0.3 is 0 Å². The molecule has 108 valence electrons. The molecule has 4 aliphatic rings. The van der Waals surface area contributed by atoms with Crippen LogP contribution in [0.3, 0.4) is 0 Å². The summed E-state index contributed by atoms with van der Waals surface area (Å²) in [5.74, 6) is 2.09. The van der Waals surface area contributed by atoms with Gasteiger partial charge in [0.05, 0.1) is 5.60 Å². The average Bonchev–Trinajstić information content (AvgIpc) is 2.37. The number of benzene rings is 1. The maximum Gasteiger partial charge on any atom is 0.123 e. The minimum Gasteiger partial charge on any atom is -0.390 e. The lowest BCUT2D eigenvalue weighted by Crippen LogP contribution is -2.63. The van der Waals surface area contributed by atoms with Gasteiger partial charge in [-0.1, -0.05) is 19.1 Å². The summed E-state index contributed by atoms with van der Waals surface area (Å²) in [5.41, 5.74) is 1.03. The van der Waals surface area contributed by atoms with Gasteiger partial charge in [0, 0.05) is 0 Å². The zero-order valence-electron chi connectivity index (χ0n) is 12.3. The van der Waals surface area contributed by atoms with Crippen LogP contribution in [-0.2, 0) is 5.41 Å². The molecular formula is C18H23FO. The van der Waals surface area contributed by atoms with Crippen molar-refractivity contribution >= 4 is 0 Å². The van der Waals surface area contributed by atoms with Crippen molar-refractivity contribution in [2.45, 2.75) is 50.5 Å². The Hall–Kier alpha value is -0.890. The van der Waals surface area contributed by atoms with Gasteiger partial charge in [-0.2, -0.15) is 0 Å². The second kappa shape index (κ2) is 3.85. The summed E-state index contributed by atoms with van der Waals surface area (Å²) in [4.78, 5) is 0. The molecule has 2 heteroatoms. The molecule has 4 fully saturated rings. The average molecular weight is 274 g/mol. The molecule has 1 aromatic rings. The Morgan fingerprint density at radius 3 is 1.80 bits per heavy atom. The first kappa shape index (κ1) is 12.8. The van der Waals surface area contributed by atoms with Crippen LogP contribution in [0.25, 0.3) is 0 Å². The molecule has 0 amide bonds. The minimum absolute atomic E-state index is 0.149. The number of hydrogen-bond donors (Lipinski definition) is 1. The SMILES string of the molecule is CC1(O)C2CC3CC1CC(C2)C3(C)c1ccc(F)cc1. The van der Waals surface area contributed by atoms with E-state index in [9.17, 15) is 9.50 Å². The summed E-state index contributed by atoms with van der Waals surface area (Å²) in [5, 5.41) is 10.7. The van der Waals surface area contributed by atoms with Gasteiger partial charge in [0.15, 0.2) is 0 Å². The van der Waals surface area contributed by atoms with Crippen molar-refractivity contribution in [3.8, 4) is 0 Å². The van der Waals surface area contributed by atoms with Crippen LogP contribution in [0.1, 0.15) is 45.1 Å². The molecule has 1 aromatic carbocycles. The summed E-state index contributed by atoms with van der Waals surface area (Å²) < 4.78 is 13.2. The number of aliphatic hydroxyl groups is 1. The van der Waals surface area contributed by atoms with Gasteiger partial charge in [0.2, 0.25) is 0 Å². The first-order chi connectivity index (χ1) is 9.42. The second-order valence-corrected chi connectivity index (χ2v) is 7.75. The van der Waals surface area contributed by atoms with Crippen molar-refractivity contribution in [2.75, 3.05) is 0 Å². The second-order valence-electron chi connectivity index (χ2n) is 7.75. The summed E-state index contributed by atoms with van der Waals surface area (Å²) in [6.45, 7) is 4.43. The maximum absolute atomic E-state index is 13.2. The fraction of sp³-hybridized carbons (Fsp3) is 0.667. The molecule has 4 bridgehead atoms. The van der Waals surface area contributed by atoms with Gasteiger partial charge in [0.25, 0.3) is 0 Å². The van der Waals surface area contributed by atoms with Crippen molar-refractivity contribution in [1.82, 2.24) is 0 Å². The normalized spacial score (nSPS) is 49.6. The van der Waals surface area contributed by atoms with Gasteiger partial charge in [0.1, 0.15) is 5.82 Å². The van der Waals surface area contributed by atoms with E-state index in [0.29, 0.717) is 23.7 Å². The first-order valence-electron chi connectivity index (χ1n) is 7.90. The largest absolute Gasteiger partial charge is 0.390 e. The van der Waals surface area contributed by atoms with E-state index in [0.717, 1.165) is 25.7 Å². The molecule has 20 heavy (non-hydrogen) atoms. The third kappa shape index (κ3) is 1.46. The highest BCUT2D eigenvalue weighted by atomic mass is 19.1. The molecule has 0 radical (unpaired) electrons. The quantitative estimate of drug-likeness (QED) is 0.823. The maximum atomic E-state index is 13.2. The molecule has 4 aliphatic carbocycles. The summed E-state index contributed by atoms with van der Waals surface area (Å²) >= 11 is 0. The molecule has 1 nitrogen and oxygen atoms in total. The molecule has 0 saturated heterocycles. The van der Waals surface area contributed by atoms with Crippen molar-refractivity contribution in [3.63, 3.8) is 0 Å². The summed E-state index contributed by atoms with van der Waals surface area (Å²) in [7, 11) is 0. The smallest absolute Gasteiger partial charge is 0.123 e. The van der Waals surface area contributed by atoms with Gasteiger partial charge < -0.3 is 5.11 Å². The van der Waals surface area contributed by atoms with E-state index in [1.54, 1.807) is 12.1 Å². The van der Waals surface area contributed by atoms with Gasteiger partial charge in [-0.3, -0.25) is 0 Å². The summed E-state index contributed by atoms with van der Waals surface area (Å²) in [6.07, 6.45) is 4.53. The van der Waals surface area contributed by atoms with E-state index in [1.807, 2.05) is 12.1 Å². The Labute approximate surface area is 120 Å². The van der Waals surface area contributed by atoms with Crippen molar-refractivity contribution in [3.05, 3.63) is 35.6 Å². The van der Waals surface area contributed by atoms with E-state index >= 15 is 0 Å². The third-order valence-corrected chi connectivity index (χ3v) is 7.09. The molecule has 0 unspecified atom stereocenters. The van der Waals surface area contributed by atoms with E-state index in [1.165, 1.54) is 5.56 Å². The zero-order valence-corrected chi connectivity index (χ0v) is 12.3. The Morgan fingerprint density at radius 2 is 1.35 bits per heavy atom. The number of halogens is 1. The molecule has 0 aliphatic heterocycles. The Balaban J connectivity index is 1.74. The van der Waals surface area contributed by atoms with Crippen LogP contribution in [0.15, 0.2) is 24.3 Å². The molecule has 0 heterocycles. The number of hydrogen-bond acceptors (Lipinski definition) is 1. The Bertz CT molecular complexity index is 499. The highest BCUT2D eigenvalue weighted by molar-refractivity contribution is 5.31. The van der Waals surface area contributed by atoms with Crippen LogP contribution in [0, 0.1) is 29.5 Å². The van der Waals surface area contributed by atoms with Crippen LogP contribution < -0.4 is 0 Å². The predicted molar refractivity (Wildman–Crippen MR) is 76.8 cm³/mol. The molecule has 4 saturated carbocycles. The van der Waals surface area contributed by atoms with E-state index < -0.39 is 5.60 Å². The number of rotatable bonds is 1. The van der Waals surface area contributed by atoms with Crippen molar-refractivity contribution in [2.24, 2.45) is 23.7 Å². The molecule has 1 N–H and O–H groups in total. The molecule has 0 spiro atoms. The van der Waals surface area contributed by atoms with E-state index in [-0.39, 0.29) is 11.2 Å². The van der Waals surface area contributed by atoms with E-state index in [2.05, 4.69) is 13.8 Å². The minimum atomic E-state index is -0.447. The topological polar surface area (TPSA) is 20.2 Å². The van der Waals surface area contributed by atoms with Crippen LogP contribution in [0.4, 0.5) is 4.39 Å². The van der Waals surface area contributed by atoms with Gasteiger partial charge in [-0.05, 0) is 79.4 Å². The fourth-order valence-corrected chi connectivity index (χ4v) is 5.64. The zero-order chi connectivity index (χ0) is 14.1. The third-order valence-electron chi connectivity index (χ3n) is 7.09. The summed E-state index contributed by atoms with van der Waals surface area (Å²) in [6, 6.07) is 7.16. The standard InChI is InChI=1S/C18H23FO/c1-17(11-3-5-16(19)6-4-11)12-7-14-9-13(17)10-15(8-12)18(14,2)20/h3-6,12-15,20H,7-10H2,1-2H3.